The largest absolute Gasteiger partial charge is 0.511 e. The number of nitrogens with one attached hydrogen (secondary N) is 1. The summed E-state index contributed by atoms with van der Waals surface area (Å²) >= 11 is 4.62. The summed E-state index contributed by atoms with van der Waals surface area (Å²) in [5, 5.41) is 8.15. The minimum Gasteiger partial charge on any atom is -0.449 e. The van der Waals surface area contributed by atoms with Crippen molar-refractivity contribution >= 4 is 18.4 Å². The maximum atomic E-state index is 9.96. The van der Waals surface area contributed by atoms with Crippen LogP contribution in [0.25, 0.3) is 0 Å². The molecule has 0 unspecified atom stereocenters. The minimum absolute atomic E-state index is 0.117. The highest BCUT2D eigenvalue weighted by Crippen LogP contribution is 2.03. The highest BCUT2D eigenvalue weighted by molar-refractivity contribution is 7.71. The van der Waals surface area contributed by atoms with Gasteiger partial charge in [-0.15, -0.1) is 0 Å². The third kappa shape index (κ3) is 2.34. The Morgan fingerprint density at radius 1 is 1.82 bits per heavy atom. The number of aromatic amines is 1. The summed E-state index contributed by atoms with van der Waals surface area (Å²) in [5.74, 6) is 0.117. The molecule has 0 saturated carbocycles. The Kier molecular flexibility index (Phi) is 2.17. The standard InChI is InChI=1S/C5H4N2O3S/c8-5(9)10-3-1-6-4(11)7-2-3/h1-2H,(H,8,9)(H,6,7,11). The van der Waals surface area contributed by atoms with E-state index in [0.717, 1.165) is 0 Å². The van der Waals surface area contributed by atoms with Gasteiger partial charge in [0.05, 0.1) is 6.20 Å². The van der Waals surface area contributed by atoms with Gasteiger partial charge in [-0.1, -0.05) is 0 Å². The van der Waals surface area contributed by atoms with Gasteiger partial charge in [-0.25, -0.2) is 9.78 Å². The summed E-state index contributed by atoms with van der Waals surface area (Å²) in [4.78, 5) is 16.1. The first-order valence-corrected chi connectivity index (χ1v) is 3.05. The van der Waals surface area contributed by atoms with Crippen molar-refractivity contribution in [2.45, 2.75) is 0 Å². The number of aromatic nitrogens is 2. The van der Waals surface area contributed by atoms with Crippen LogP contribution < -0.4 is 4.74 Å². The minimum atomic E-state index is -1.38. The molecule has 0 atom stereocenters. The van der Waals surface area contributed by atoms with Crippen molar-refractivity contribution < 1.29 is 14.6 Å². The molecule has 1 aromatic heterocycles. The molecular weight excluding hydrogens is 168 g/mol. The Morgan fingerprint density at radius 2 is 2.55 bits per heavy atom. The van der Waals surface area contributed by atoms with Crippen molar-refractivity contribution in [2.75, 3.05) is 0 Å². The van der Waals surface area contributed by atoms with E-state index in [-0.39, 0.29) is 10.5 Å². The average Bonchev–Trinajstić information content (AvgIpc) is 1.93. The highest BCUT2D eigenvalue weighted by Gasteiger charge is 1.98. The molecule has 0 fully saturated rings. The molecule has 1 heterocycles. The molecular formula is C5H4N2O3S. The van der Waals surface area contributed by atoms with E-state index in [1.54, 1.807) is 0 Å². The van der Waals surface area contributed by atoms with Gasteiger partial charge >= 0.3 is 6.16 Å². The molecule has 0 aromatic carbocycles. The second-order valence-electron chi connectivity index (χ2n) is 1.62. The molecule has 0 spiro atoms. The molecule has 2 N–H and O–H groups in total. The molecule has 0 bridgehead atoms. The van der Waals surface area contributed by atoms with Crippen LogP contribution >= 0.6 is 12.2 Å². The van der Waals surface area contributed by atoms with Gasteiger partial charge < -0.3 is 14.8 Å². The summed E-state index contributed by atoms with van der Waals surface area (Å²) in [6, 6.07) is 0. The first-order chi connectivity index (χ1) is 5.18. The summed E-state index contributed by atoms with van der Waals surface area (Å²) in [7, 11) is 0. The number of hydrogen-bond acceptors (Lipinski definition) is 4. The number of hydrogen-bond donors (Lipinski definition) is 2. The lowest BCUT2D eigenvalue weighted by molar-refractivity contribution is 0.144. The molecule has 6 heteroatoms. The smallest absolute Gasteiger partial charge is 0.449 e. The predicted octanol–water partition coefficient (Wildman–Crippen LogP) is 1.20. The van der Waals surface area contributed by atoms with Crippen LogP contribution in [-0.4, -0.2) is 21.2 Å². The number of rotatable bonds is 1. The lowest BCUT2D eigenvalue weighted by Crippen LogP contribution is -2.03. The van der Waals surface area contributed by atoms with Crippen molar-refractivity contribution in [1.82, 2.24) is 9.97 Å². The zero-order chi connectivity index (χ0) is 8.27. The SMILES string of the molecule is O=C(O)Oc1cnc(=S)[nH]c1. The van der Waals surface area contributed by atoms with Crippen molar-refractivity contribution in [3.63, 3.8) is 0 Å². The van der Waals surface area contributed by atoms with Crippen LogP contribution in [0.5, 0.6) is 5.75 Å². The normalized spacial score (nSPS) is 9.09. The Morgan fingerprint density at radius 3 is 3.00 bits per heavy atom. The molecule has 0 saturated heterocycles. The molecule has 1 aromatic rings. The first kappa shape index (κ1) is 7.67. The number of carboxylic acid groups (broad SMARTS) is 1. The number of carbonyl (C=O) groups is 1. The summed E-state index contributed by atoms with van der Waals surface area (Å²) < 4.78 is 4.53. The van der Waals surface area contributed by atoms with Crippen molar-refractivity contribution in [1.29, 1.82) is 0 Å². The highest BCUT2D eigenvalue weighted by atomic mass is 32.1. The van der Waals surface area contributed by atoms with Crippen molar-refractivity contribution in [3.05, 3.63) is 17.2 Å². The molecule has 5 nitrogen and oxygen atoms in total. The van der Waals surface area contributed by atoms with Gasteiger partial charge in [-0.3, -0.25) is 0 Å². The van der Waals surface area contributed by atoms with Gasteiger partial charge in [0.15, 0.2) is 10.5 Å². The van der Waals surface area contributed by atoms with Crippen molar-refractivity contribution in [3.8, 4) is 5.75 Å². The Balaban J connectivity index is 2.82. The molecule has 58 valence electrons. The molecule has 0 amide bonds. The monoisotopic (exact) mass is 172 g/mol. The van der Waals surface area contributed by atoms with Crippen LogP contribution in [0.3, 0.4) is 0 Å². The van der Waals surface area contributed by atoms with E-state index in [1.165, 1.54) is 12.4 Å². The third-order valence-corrected chi connectivity index (χ3v) is 1.08. The number of nitrogens with zero attached hydrogens (tertiary/aromatic N) is 1. The van der Waals surface area contributed by atoms with Crippen LogP contribution in [-0.2, 0) is 0 Å². The van der Waals surface area contributed by atoms with E-state index in [1.807, 2.05) is 0 Å². The zero-order valence-corrected chi connectivity index (χ0v) is 6.09. The average molecular weight is 172 g/mol. The lowest BCUT2D eigenvalue weighted by atomic mass is 10.6. The number of ether oxygens (including phenoxy) is 1. The van der Waals surface area contributed by atoms with Gasteiger partial charge in [-0.2, -0.15) is 0 Å². The quantitative estimate of drug-likeness (QED) is 0.491. The van der Waals surface area contributed by atoms with E-state index in [0.29, 0.717) is 0 Å². The second-order valence-corrected chi connectivity index (χ2v) is 2.01. The summed E-state index contributed by atoms with van der Waals surface area (Å²) in [6.07, 6.45) is 1.17. The Labute approximate surface area is 66.7 Å². The maximum absolute atomic E-state index is 9.96. The molecule has 1 rings (SSSR count). The molecule has 0 radical (unpaired) electrons. The molecule has 0 aliphatic carbocycles. The fourth-order valence-corrected chi connectivity index (χ4v) is 0.598. The van der Waals surface area contributed by atoms with Crippen LogP contribution in [0, 0.1) is 4.77 Å². The fourth-order valence-electron chi connectivity index (χ4n) is 0.486. The van der Waals surface area contributed by atoms with Crippen LogP contribution in [0.1, 0.15) is 0 Å². The van der Waals surface area contributed by atoms with E-state index in [9.17, 15) is 4.79 Å². The second kappa shape index (κ2) is 3.11. The number of H-pyrrole nitrogens is 1. The van der Waals surface area contributed by atoms with Crippen molar-refractivity contribution in [2.24, 2.45) is 0 Å². The van der Waals surface area contributed by atoms with Crippen LogP contribution in [0.15, 0.2) is 12.4 Å². The van der Waals surface area contributed by atoms with E-state index < -0.39 is 6.16 Å². The molecule has 11 heavy (non-hydrogen) atoms. The van der Waals surface area contributed by atoms with Gasteiger partial charge in [0.1, 0.15) is 0 Å². The third-order valence-electron chi connectivity index (χ3n) is 0.852. The predicted molar refractivity (Wildman–Crippen MR) is 38.1 cm³/mol. The fraction of sp³-hybridized carbons (Fsp3) is 0. The zero-order valence-electron chi connectivity index (χ0n) is 5.27. The van der Waals surface area contributed by atoms with Gasteiger partial charge in [-0.05, 0) is 12.2 Å². The van der Waals surface area contributed by atoms with Crippen LogP contribution in [0.4, 0.5) is 4.79 Å². The summed E-state index contributed by atoms with van der Waals surface area (Å²) in [6.45, 7) is 0. The van der Waals surface area contributed by atoms with E-state index >= 15 is 0 Å². The molecule has 0 aliphatic rings. The lowest BCUT2D eigenvalue weighted by Gasteiger charge is -1.95. The van der Waals surface area contributed by atoms with E-state index in [4.69, 9.17) is 5.11 Å². The topological polar surface area (TPSA) is 75.2 Å². The Hall–Kier alpha value is -1.43. The van der Waals surface area contributed by atoms with Crippen LogP contribution in [0.2, 0.25) is 0 Å². The maximum Gasteiger partial charge on any atom is 0.511 e. The summed E-state index contributed by atoms with van der Waals surface area (Å²) in [5.41, 5.74) is 0. The first-order valence-electron chi connectivity index (χ1n) is 2.64. The van der Waals surface area contributed by atoms with E-state index in [2.05, 4.69) is 26.9 Å². The Bertz CT molecular complexity index is 301. The molecule has 0 aliphatic heterocycles. The van der Waals surface area contributed by atoms with Gasteiger partial charge in [0.2, 0.25) is 0 Å². The van der Waals surface area contributed by atoms with Gasteiger partial charge in [0.25, 0.3) is 0 Å². The van der Waals surface area contributed by atoms with Gasteiger partial charge in [0, 0.05) is 6.20 Å².